The summed E-state index contributed by atoms with van der Waals surface area (Å²) in [6.45, 7) is 4.67. The van der Waals surface area contributed by atoms with Gasteiger partial charge in [-0.1, -0.05) is 29.8 Å². The third-order valence-corrected chi connectivity index (χ3v) is 4.74. The molecule has 3 aromatic rings. The maximum Gasteiger partial charge on any atom is 0.337 e. The predicted octanol–water partition coefficient (Wildman–Crippen LogP) is 4.66. The van der Waals surface area contributed by atoms with Crippen LogP contribution < -0.4 is 5.43 Å². The Morgan fingerprint density at radius 1 is 1.18 bits per heavy atom. The van der Waals surface area contributed by atoms with Crippen LogP contribution in [0.1, 0.15) is 32.9 Å². The van der Waals surface area contributed by atoms with Crippen molar-refractivity contribution in [3.05, 3.63) is 87.7 Å². The van der Waals surface area contributed by atoms with E-state index in [2.05, 4.69) is 21.2 Å². The average molecular weight is 396 g/mol. The van der Waals surface area contributed by atoms with Crippen LogP contribution in [-0.4, -0.2) is 23.9 Å². The first-order valence-corrected chi connectivity index (χ1v) is 9.25. The second-order valence-corrected chi connectivity index (χ2v) is 6.86. The van der Waals surface area contributed by atoms with Crippen molar-refractivity contribution >= 4 is 23.8 Å². The number of methoxy groups -OCH3 is 1. The Bertz CT molecular complexity index is 1010. The fourth-order valence-electron chi connectivity index (χ4n) is 3.06. The number of hydrogen-bond donors (Lipinski definition) is 1. The van der Waals surface area contributed by atoms with E-state index < -0.39 is 0 Å². The van der Waals surface area contributed by atoms with Crippen LogP contribution in [0.3, 0.4) is 0 Å². The molecule has 3 rings (SSSR count). The first kappa shape index (κ1) is 19.7. The molecule has 0 aliphatic heterocycles. The number of aryl methyl sites for hydroxylation is 1. The minimum Gasteiger partial charge on any atom is -0.465 e. The smallest absolute Gasteiger partial charge is 0.337 e. The molecule has 1 aromatic heterocycles. The van der Waals surface area contributed by atoms with Gasteiger partial charge in [0.05, 0.1) is 25.4 Å². The first-order chi connectivity index (χ1) is 13.5. The van der Waals surface area contributed by atoms with Gasteiger partial charge in [-0.05, 0) is 55.8 Å². The van der Waals surface area contributed by atoms with E-state index >= 15 is 0 Å². The standard InChI is InChI=1S/C22H22ClN3O2/c1-15-11-19(14-25-24-13-17-7-9-20(23)10-8-17)16(2)26(15)21-6-4-5-18(12-21)22(27)28-3/h4-12,14,24H,13H2,1-3H3/b25-14-. The highest BCUT2D eigenvalue weighted by atomic mass is 35.5. The molecule has 1 heterocycles. The van der Waals surface area contributed by atoms with Crippen LogP contribution in [0.15, 0.2) is 59.7 Å². The molecule has 0 atom stereocenters. The van der Waals surface area contributed by atoms with Gasteiger partial charge in [-0.25, -0.2) is 4.79 Å². The predicted molar refractivity (Wildman–Crippen MR) is 112 cm³/mol. The van der Waals surface area contributed by atoms with Crippen LogP contribution in [0.4, 0.5) is 0 Å². The summed E-state index contributed by atoms with van der Waals surface area (Å²) in [5.41, 5.74) is 8.68. The van der Waals surface area contributed by atoms with Gasteiger partial charge in [0.1, 0.15) is 0 Å². The first-order valence-electron chi connectivity index (χ1n) is 8.87. The summed E-state index contributed by atoms with van der Waals surface area (Å²) < 4.78 is 6.91. The van der Waals surface area contributed by atoms with Crippen molar-refractivity contribution in [2.75, 3.05) is 7.11 Å². The molecule has 5 nitrogen and oxygen atoms in total. The van der Waals surface area contributed by atoms with E-state index in [1.54, 1.807) is 12.3 Å². The number of nitrogens with one attached hydrogen (secondary N) is 1. The van der Waals surface area contributed by atoms with Crippen molar-refractivity contribution in [2.45, 2.75) is 20.4 Å². The Morgan fingerprint density at radius 2 is 1.93 bits per heavy atom. The molecule has 6 heteroatoms. The van der Waals surface area contributed by atoms with Gasteiger partial charge in [0.25, 0.3) is 0 Å². The topological polar surface area (TPSA) is 55.6 Å². The number of rotatable bonds is 6. The van der Waals surface area contributed by atoms with Gasteiger partial charge < -0.3 is 14.7 Å². The van der Waals surface area contributed by atoms with Crippen LogP contribution in [0.5, 0.6) is 0 Å². The minimum absolute atomic E-state index is 0.350. The number of carbonyl (C=O) groups is 1. The highest BCUT2D eigenvalue weighted by molar-refractivity contribution is 6.30. The Balaban J connectivity index is 1.76. The summed E-state index contributed by atoms with van der Waals surface area (Å²) in [6, 6.07) is 17.1. The Kier molecular flexibility index (Phi) is 6.16. The fourth-order valence-corrected chi connectivity index (χ4v) is 3.19. The molecule has 0 radical (unpaired) electrons. The molecule has 0 spiro atoms. The zero-order valence-corrected chi connectivity index (χ0v) is 16.8. The largest absolute Gasteiger partial charge is 0.465 e. The van der Waals surface area contributed by atoms with Crippen LogP contribution >= 0.6 is 11.6 Å². The Hall–Kier alpha value is -3.05. The molecule has 0 unspecified atom stereocenters. The molecule has 1 N–H and O–H groups in total. The lowest BCUT2D eigenvalue weighted by Gasteiger charge is -2.11. The van der Waals surface area contributed by atoms with E-state index in [4.69, 9.17) is 16.3 Å². The molecule has 144 valence electrons. The van der Waals surface area contributed by atoms with E-state index in [1.165, 1.54) is 7.11 Å². The lowest BCUT2D eigenvalue weighted by Crippen LogP contribution is -2.06. The summed E-state index contributed by atoms with van der Waals surface area (Å²) in [5, 5.41) is 5.05. The van der Waals surface area contributed by atoms with Crippen LogP contribution in [0.25, 0.3) is 5.69 Å². The van der Waals surface area contributed by atoms with Crippen molar-refractivity contribution in [1.29, 1.82) is 0 Å². The fraction of sp³-hybridized carbons (Fsp3) is 0.182. The summed E-state index contributed by atoms with van der Waals surface area (Å²) in [5.74, 6) is -0.350. The summed E-state index contributed by atoms with van der Waals surface area (Å²) in [7, 11) is 1.38. The SMILES string of the molecule is COC(=O)c1cccc(-n2c(C)cc(/C=N\NCc3ccc(Cl)cc3)c2C)c1. The number of esters is 1. The van der Waals surface area contributed by atoms with Crippen LogP contribution in [0, 0.1) is 13.8 Å². The van der Waals surface area contributed by atoms with E-state index in [1.807, 2.05) is 56.3 Å². The molecule has 2 aromatic carbocycles. The van der Waals surface area contributed by atoms with E-state index in [-0.39, 0.29) is 5.97 Å². The number of hydrazone groups is 1. The summed E-state index contributed by atoms with van der Waals surface area (Å²) >= 11 is 5.90. The van der Waals surface area contributed by atoms with E-state index in [0.29, 0.717) is 12.1 Å². The molecule has 0 saturated heterocycles. The van der Waals surface area contributed by atoms with Crippen molar-refractivity contribution < 1.29 is 9.53 Å². The maximum atomic E-state index is 11.8. The lowest BCUT2D eigenvalue weighted by molar-refractivity contribution is 0.0600. The molecule has 0 aliphatic carbocycles. The quantitative estimate of drug-likeness (QED) is 0.375. The van der Waals surface area contributed by atoms with Gasteiger partial charge >= 0.3 is 5.97 Å². The van der Waals surface area contributed by atoms with E-state index in [0.717, 1.165) is 33.2 Å². The molecule has 28 heavy (non-hydrogen) atoms. The highest BCUT2D eigenvalue weighted by Gasteiger charge is 2.12. The van der Waals surface area contributed by atoms with Crippen LogP contribution in [-0.2, 0) is 11.3 Å². The molecule has 0 fully saturated rings. The zero-order chi connectivity index (χ0) is 20.1. The third kappa shape index (κ3) is 4.43. The van der Waals surface area contributed by atoms with Gasteiger partial charge in [-0.2, -0.15) is 5.10 Å². The van der Waals surface area contributed by atoms with Gasteiger partial charge in [-0.15, -0.1) is 0 Å². The van der Waals surface area contributed by atoms with Crippen molar-refractivity contribution in [3.8, 4) is 5.69 Å². The van der Waals surface area contributed by atoms with Crippen molar-refractivity contribution in [3.63, 3.8) is 0 Å². The molecule has 0 saturated carbocycles. The second-order valence-electron chi connectivity index (χ2n) is 6.42. The second kappa shape index (κ2) is 8.76. The van der Waals surface area contributed by atoms with Crippen molar-refractivity contribution in [2.24, 2.45) is 5.10 Å². The molecular weight excluding hydrogens is 374 g/mol. The molecule has 0 amide bonds. The van der Waals surface area contributed by atoms with Crippen LogP contribution in [0.2, 0.25) is 5.02 Å². The van der Waals surface area contributed by atoms with Gasteiger partial charge in [-0.3, -0.25) is 0 Å². The average Bonchev–Trinajstić information content (AvgIpc) is 2.99. The Morgan fingerprint density at radius 3 is 2.64 bits per heavy atom. The Labute approximate surface area is 169 Å². The number of hydrogen-bond acceptors (Lipinski definition) is 4. The number of aromatic nitrogens is 1. The number of nitrogens with zero attached hydrogens (tertiary/aromatic N) is 2. The zero-order valence-electron chi connectivity index (χ0n) is 16.1. The van der Waals surface area contributed by atoms with Gasteiger partial charge in [0.15, 0.2) is 0 Å². The van der Waals surface area contributed by atoms with Gasteiger partial charge in [0, 0.05) is 27.7 Å². The van der Waals surface area contributed by atoms with E-state index in [9.17, 15) is 4.79 Å². The highest BCUT2D eigenvalue weighted by Crippen LogP contribution is 2.21. The molecule has 0 aliphatic rings. The minimum atomic E-state index is -0.350. The molecular formula is C22H22ClN3O2. The van der Waals surface area contributed by atoms with Crippen molar-refractivity contribution in [1.82, 2.24) is 9.99 Å². The summed E-state index contributed by atoms with van der Waals surface area (Å²) in [4.78, 5) is 11.8. The summed E-state index contributed by atoms with van der Waals surface area (Å²) in [6.07, 6.45) is 1.80. The maximum absolute atomic E-state index is 11.8. The number of halogens is 1. The molecule has 0 bridgehead atoms. The number of benzene rings is 2. The monoisotopic (exact) mass is 395 g/mol. The van der Waals surface area contributed by atoms with Gasteiger partial charge in [0.2, 0.25) is 0 Å². The third-order valence-electron chi connectivity index (χ3n) is 4.49. The number of carbonyl (C=O) groups excluding carboxylic acids is 1. The number of ether oxygens (including phenoxy) is 1. The normalized spacial score (nSPS) is 11.0. The lowest BCUT2D eigenvalue weighted by atomic mass is 10.2.